The molecule has 2 atom stereocenters. The van der Waals surface area contributed by atoms with Gasteiger partial charge in [-0.15, -0.1) is 0 Å². The van der Waals surface area contributed by atoms with E-state index >= 15 is 0 Å². The van der Waals surface area contributed by atoms with Gasteiger partial charge >= 0.3 is 5.97 Å². The largest absolute Gasteiger partial charge is 0.490 e. The predicted octanol–water partition coefficient (Wildman–Crippen LogP) is 1.81. The van der Waals surface area contributed by atoms with Gasteiger partial charge in [0.25, 0.3) is 5.91 Å². The number of nitrogens with zero attached hydrogens (tertiary/aromatic N) is 1. The molecule has 7 nitrogen and oxygen atoms in total. The first-order valence-electron chi connectivity index (χ1n) is 8.41. The molecule has 0 radical (unpaired) electrons. The van der Waals surface area contributed by atoms with Crippen LogP contribution < -0.4 is 4.74 Å². The molecule has 0 bridgehead atoms. The molecule has 1 aliphatic rings. The number of rotatable bonds is 9. The molecule has 2 rings (SSSR count). The Bertz CT molecular complexity index is 591. The van der Waals surface area contributed by atoms with Crippen LogP contribution >= 0.6 is 0 Å². The first kappa shape index (κ1) is 19.2. The molecular formula is C18H25NO6. The lowest BCUT2D eigenvalue weighted by molar-refractivity contribution is -0.137. The molecule has 0 aliphatic carbocycles. The summed E-state index contributed by atoms with van der Waals surface area (Å²) in [7, 11) is 1.57. The average Bonchev–Trinajstić information content (AvgIpc) is 3.00. The molecule has 0 spiro atoms. The van der Waals surface area contributed by atoms with E-state index in [0.717, 1.165) is 0 Å². The zero-order valence-electron chi connectivity index (χ0n) is 14.6. The van der Waals surface area contributed by atoms with E-state index in [1.54, 1.807) is 36.3 Å². The van der Waals surface area contributed by atoms with Crippen molar-refractivity contribution < 1.29 is 28.9 Å². The second-order valence-electron chi connectivity index (χ2n) is 5.84. The van der Waals surface area contributed by atoms with Crippen LogP contribution in [0.1, 0.15) is 30.1 Å². The summed E-state index contributed by atoms with van der Waals surface area (Å²) in [5.41, 5.74) is 0.422. The average molecular weight is 351 g/mol. The molecule has 1 aliphatic heterocycles. The van der Waals surface area contributed by atoms with Crippen molar-refractivity contribution in [1.82, 2.24) is 4.90 Å². The Morgan fingerprint density at radius 2 is 2.04 bits per heavy atom. The Morgan fingerprint density at radius 3 is 2.72 bits per heavy atom. The fourth-order valence-electron chi connectivity index (χ4n) is 2.97. The fourth-order valence-corrected chi connectivity index (χ4v) is 2.97. The highest BCUT2D eigenvalue weighted by atomic mass is 16.5. The third kappa shape index (κ3) is 5.17. The van der Waals surface area contributed by atoms with Gasteiger partial charge in [0.1, 0.15) is 12.4 Å². The van der Waals surface area contributed by atoms with E-state index in [1.807, 2.05) is 6.92 Å². The zero-order valence-corrected chi connectivity index (χ0v) is 14.6. The Hall–Kier alpha value is -2.12. The first-order valence-corrected chi connectivity index (χ1v) is 8.41. The SMILES string of the molecule is CCOCCOc1ccccc1C(=O)N1CC(OC)CC1CC(=O)O. The normalized spacial score (nSPS) is 19.8. The van der Waals surface area contributed by atoms with Gasteiger partial charge in [-0.3, -0.25) is 9.59 Å². The Kier molecular flexibility index (Phi) is 7.21. The minimum absolute atomic E-state index is 0.0982. The van der Waals surface area contributed by atoms with Crippen molar-refractivity contribution in [3.05, 3.63) is 29.8 Å². The lowest BCUT2D eigenvalue weighted by Crippen LogP contribution is -2.37. The summed E-state index contributed by atoms with van der Waals surface area (Å²) in [6.45, 7) is 3.67. The van der Waals surface area contributed by atoms with Crippen molar-refractivity contribution in [2.24, 2.45) is 0 Å². The number of likely N-dealkylation sites (tertiary alicyclic amines) is 1. The molecule has 2 unspecified atom stereocenters. The lowest BCUT2D eigenvalue weighted by atomic mass is 10.1. The monoisotopic (exact) mass is 351 g/mol. The van der Waals surface area contributed by atoms with E-state index in [-0.39, 0.29) is 24.5 Å². The van der Waals surface area contributed by atoms with Gasteiger partial charge in [-0.2, -0.15) is 0 Å². The van der Waals surface area contributed by atoms with Gasteiger partial charge in [0.2, 0.25) is 0 Å². The summed E-state index contributed by atoms with van der Waals surface area (Å²) >= 11 is 0. The number of hydrogen-bond acceptors (Lipinski definition) is 5. The van der Waals surface area contributed by atoms with Crippen LogP contribution in [0.2, 0.25) is 0 Å². The molecule has 1 fully saturated rings. The van der Waals surface area contributed by atoms with Crippen molar-refractivity contribution in [2.45, 2.75) is 31.9 Å². The maximum absolute atomic E-state index is 13.0. The molecule has 1 saturated heterocycles. The summed E-state index contributed by atoms with van der Waals surface area (Å²) < 4.78 is 16.2. The molecule has 25 heavy (non-hydrogen) atoms. The Morgan fingerprint density at radius 1 is 1.28 bits per heavy atom. The van der Waals surface area contributed by atoms with Gasteiger partial charge in [-0.1, -0.05) is 12.1 Å². The Balaban J connectivity index is 2.13. The lowest BCUT2D eigenvalue weighted by Gasteiger charge is -2.24. The van der Waals surface area contributed by atoms with Crippen LogP contribution in [0.5, 0.6) is 5.75 Å². The van der Waals surface area contributed by atoms with Crippen LogP contribution in [-0.4, -0.2) is 67.5 Å². The molecule has 7 heteroatoms. The molecular weight excluding hydrogens is 326 g/mol. The number of ether oxygens (including phenoxy) is 3. The highest BCUT2D eigenvalue weighted by Crippen LogP contribution is 2.28. The highest BCUT2D eigenvalue weighted by Gasteiger charge is 2.37. The summed E-state index contributed by atoms with van der Waals surface area (Å²) in [6.07, 6.45) is 0.264. The number of carbonyl (C=O) groups excluding carboxylic acids is 1. The minimum atomic E-state index is -0.930. The van der Waals surface area contributed by atoms with E-state index in [0.29, 0.717) is 44.1 Å². The minimum Gasteiger partial charge on any atom is -0.490 e. The number of benzene rings is 1. The van der Waals surface area contributed by atoms with Gasteiger partial charge in [0.15, 0.2) is 0 Å². The van der Waals surface area contributed by atoms with Crippen molar-refractivity contribution in [3.63, 3.8) is 0 Å². The summed E-state index contributed by atoms with van der Waals surface area (Å²) in [6, 6.07) is 6.60. The van der Waals surface area contributed by atoms with Crippen molar-refractivity contribution in [2.75, 3.05) is 33.5 Å². The third-order valence-electron chi connectivity index (χ3n) is 4.19. The summed E-state index contributed by atoms with van der Waals surface area (Å²) in [5, 5.41) is 9.11. The quantitative estimate of drug-likeness (QED) is 0.683. The topological polar surface area (TPSA) is 85.3 Å². The van der Waals surface area contributed by atoms with Crippen LogP contribution in [0, 0.1) is 0 Å². The first-order chi connectivity index (χ1) is 12.1. The maximum Gasteiger partial charge on any atom is 0.305 e. The molecule has 1 N–H and O–H groups in total. The molecule has 1 aromatic carbocycles. The van der Waals surface area contributed by atoms with Crippen molar-refractivity contribution in [1.29, 1.82) is 0 Å². The predicted molar refractivity (Wildman–Crippen MR) is 90.9 cm³/mol. The van der Waals surface area contributed by atoms with Gasteiger partial charge in [-0.05, 0) is 25.5 Å². The highest BCUT2D eigenvalue weighted by molar-refractivity contribution is 5.97. The van der Waals surface area contributed by atoms with Crippen LogP contribution in [0.3, 0.4) is 0 Å². The van der Waals surface area contributed by atoms with E-state index in [4.69, 9.17) is 19.3 Å². The number of methoxy groups -OCH3 is 1. The fraction of sp³-hybridized carbons (Fsp3) is 0.556. The molecule has 1 heterocycles. The van der Waals surface area contributed by atoms with Crippen molar-refractivity contribution >= 4 is 11.9 Å². The molecule has 1 aromatic rings. The number of carboxylic acid groups (broad SMARTS) is 1. The van der Waals surface area contributed by atoms with Crippen LogP contribution in [0.15, 0.2) is 24.3 Å². The van der Waals surface area contributed by atoms with E-state index in [9.17, 15) is 9.59 Å². The van der Waals surface area contributed by atoms with Gasteiger partial charge in [0.05, 0.1) is 24.7 Å². The zero-order chi connectivity index (χ0) is 18.2. The molecule has 138 valence electrons. The van der Waals surface area contributed by atoms with Crippen LogP contribution in [-0.2, 0) is 14.3 Å². The second kappa shape index (κ2) is 9.39. The van der Waals surface area contributed by atoms with Gasteiger partial charge in [-0.25, -0.2) is 0 Å². The number of carboxylic acids is 1. The molecule has 0 aromatic heterocycles. The van der Waals surface area contributed by atoms with Gasteiger partial charge in [0, 0.05) is 26.3 Å². The summed E-state index contributed by atoms with van der Waals surface area (Å²) in [4.78, 5) is 25.7. The number of para-hydroxylation sites is 1. The number of aliphatic carboxylic acids is 1. The molecule has 0 saturated carbocycles. The van der Waals surface area contributed by atoms with E-state index in [2.05, 4.69) is 0 Å². The second-order valence-corrected chi connectivity index (χ2v) is 5.84. The molecule has 1 amide bonds. The number of carbonyl (C=O) groups is 2. The third-order valence-corrected chi connectivity index (χ3v) is 4.19. The smallest absolute Gasteiger partial charge is 0.305 e. The van der Waals surface area contributed by atoms with Gasteiger partial charge < -0.3 is 24.2 Å². The standard InChI is InChI=1S/C18H25NO6/c1-3-24-8-9-25-16-7-5-4-6-15(16)18(22)19-12-14(23-2)10-13(19)11-17(20)21/h4-7,13-14H,3,8-12H2,1-2H3,(H,20,21). The maximum atomic E-state index is 13.0. The van der Waals surface area contributed by atoms with E-state index in [1.165, 1.54) is 0 Å². The number of hydrogen-bond donors (Lipinski definition) is 1. The Labute approximate surface area is 147 Å². The summed E-state index contributed by atoms with van der Waals surface area (Å²) in [5.74, 6) is -0.694. The number of amides is 1. The van der Waals surface area contributed by atoms with Crippen LogP contribution in [0.4, 0.5) is 0 Å². The van der Waals surface area contributed by atoms with Crippen LogP contribution in [0.25, 0.3) is 0 Å². The van der Waals surface area contributed by atoms with E-state index < -0.39 is 5.97 Å². The van der Waals surface area contributed by atoms with Crippen molar-refractivity contribution in [3.8, 4) is 5.75 Å².